The molecule has 0 spiro atoms. The summed E-state index contributed by atoms with van der Waals surface area (Å²) in [5, 5.41) is 0. The van der Waals surface area contributed by atoms with Gasteiger partial charge in [-0.15, -0.1) is 0 Å². The van der Waals surface area contributed by atoms with E-state index in [1.807, 2.05) is 0 Å². The van der Waals surface area contributed by atoms with Crippen LogP contribution in [0.4, 0.5) is 0 Å². The summed E-state index contributed by atoms with van der Waals surface area (Å²) in [6.45, 7) is 2.42. The zero-order chi connectivity index (χ0) is 8.81. The van der Waals surface area contributed by atoms with E-state index in [0.29, 0.717) is 0 Å². The molecule has 0 aliphatic heterocycles. The summed E-state index contributed by atoms with van der Waals surface area (Å²) >= 11 is 0. The van der Waals surface area contributed by atoms with Gasteiger partial charge in [-0.1, -0.05) is 64.1 Å². The Morgan fingerprint density at radius 3 is 2.25 bits per heavy atom. The van der Waals surface area contributed by atoms with Crippen molar-refractivity contribution >= 4 is 7.85 Å². The highest BCUT2D eigenvalue weighted by molar-refractivity contribution is 6.11. The van der Waals surface area contributed by atoms with Crippen molar-refractivity contribution in [3.63, 3.8) is 0 Å². The van der Waals surface area contributed by atoms with Crippen molar-refractivity contribution in [1.82, 2.24) is 0 Å². The highest BCUT2D eigenvalue weighted by Crippen LogP contribution is 2.25. The lowest BCUT2D eigenvalue weighted by Crippen LogP contribution is -2.01. The van der Waals surface area contributed by atoms with Gasteiger partial charge in [0.15, 0.2) is 0 Å². The predicted octanol–water partition coefficient (Wildman–Crippen LogP) is 3.18. The van der Waals surface area contributed by atoms with E-state index < -0.39 is 0 Å². The first-order valence-electron chi connectivity index (χ1n) is 5.79. The lowest BCUT2D eigenvalue weighted by Gasteiger charge is -2.17. The third kappa shape index (κ3) is 4.18. The molecule has 2 unspecified atom stereocenters. The van der Waals surface area contributed by atoms with Crippen molar-refractivity contribution in [2.45, 2.75) is 64.1 Å². The van der Waals surface area contributed by atoms with Crippen molar-refractivity contribution < 1.29 is 0 Å². The van der Waals surface area contributed by atoms with Gasteiger partial charge in [0, 0.05) is 0 Å². The highest BCUT2D eigenvalue weighted by Gasteiger charge is 2.08. The third-order valence-electron chi connectivity index (χ3n) is 3.30. The van der Waals surface area contributed by atoms with Gasteiger partial charge in [-0.3, -0.25) is 0 Å². The molecule has 1 rings (SSSR count). The van der Waals surface area contributed by atoms with E-state index in [-0.39, 0.29) is 0 Å². The quantitative estimate of drug-likeness (QED) is 0.485. The van der Waals surface area contributed by atoms with Crippen molar-refractivity contribution in [2.24, 2.45) is 5.92 Å². The minimum absolute atomic E-state index is 0.991. The SMILES string of the molecule is BC1CCCCCCC(C)CC1. The van der Waals surface area contributed by atoms with Crippen LogP contribution < -0.4 is 0 Å². The molecule has 2 atom stereocenters. The Bertz CT molecular complexity index is 97.6. The van der Waals surface area contributed by atoms with Gasteiger partial charge >= 0.3 is 0 Å². The molecular weight excluding hydrogens is 143 g/mol. The molecule has 1 heteroatoms. The zero-order valence-electron chi connectivity index (χ0n) is 8.81. The smallest absolute Gasteiger partial charge is 0.0697 e. The van der Waals surface area contributed by atoms with Crippen LogP contribution in [-0.4, -0.2) is 7.85 Å². The Labute approximate surface area is 78.5 Å². The average molecular weight is 166 g/mol. The van der Waals surface area contributed by atoms with Gasteiger partial charge in [-0.25, -0.2) is 0 Å². The van der Waals surface area contributed by atoms with E-state index in [1.54, 1.807) is 0 Å². The van der Waals surface area contributed by atoms with Crippen LogP contribution in [0, 0.1) is 5.92 Å². The van der Waals surface area contributed by atoms with Gasteiger partial charge in [0.2, 0.25) is 0 Å². The number of rotatable bonds is 0. The molecule has 0 aromatic heterocycles. The van der Waals surface area contributed by atoms with Gasteiger partial charge in [0.25, 0.3) is 0 Å². The molecule has 0 N–H and O–H groups in total. The van der Waals surface area contributed by atoms with E-state index in [4.69, 9.17) is 0 Å². The third-order valence-corrected chi connectivity index (χ3v) is 3.30. The topological polar surface area (TPSA) is 0 Å². The summed E-state index contributed by atoms with van der Waals surface area (Å²) in [6, 6.07) is 0. The lowest BCUT2D eigenvalue weighted by molar-refractivity contribution is 0.414. The number of hydrogen-bond acceptors (Lipinski definition) is 0. The molecule has 12 heavy (non-hydrogen) atoms. The van der Waals surface area contributed by atoms with E-state index in [1.165, 1.54) is 51.4 Å². The average Bonchev–Trinajstić information content (AvgIpc) is 2.07. The Balaban J connectivity index is 2.23. The van der Waals surface area contributed by atoms with Crippen LogP contribution in [0.15, 0.2) is 0 Å². The molecule has 0 amide bonds. The van der Waals surface area contributed by atoms with E-state index in [9.17, 15) is 0 Å². The molecule has 0 aromatic carbocycles. The summed E-state index contributed by atoms with van der Waals surface area (Å²) in [5.74, 6) is 1.98. The van der Waals surface area contributed by atoms with Crippen molar-refractivity contribution in [3.05, 3.63) is 0 Å². The van der Waals surface area contributed by atoms with Crippen LogP contribution in [0.2, 0.25) is 5.82 Å². The maximum atomic E-state index is 2.42. The van der Waals surface area contributed by atoms with Gasteiger partial charge < -0.3 is 0 Å². The van der Waals surface area contributed by atoms with Crippen LogP contribution in [-0.2, 0) is 0 Å². The molecule has 0 heterocycles. The summed E-state index contributed by atoms with van der Waals surface area (Å²) in [6.07, 6.45) is 11.8. The second-order valence-corrected chi connectivity index (χ2v) is 4.78. The van der Waals surface area contributed by atoms with E-state index in [0.717, 1.165) is 11.7 Å². The second kappa shape index (κ2) is 5.67. The zero-order valence-corrected chi connectivity index (χ0v) is 8.81. The highest BCUT2D eigenvalue weighted by atomic mass is 14.1. The van der Waals surface area contributed by atoms with E-state index in [2.05, 4.69) is 14.8 Å². The Morgan fingerprint density at radius 1 is 0.833 bits per heavy atom. The molecule has 70 valence electrons. The Kier molecular flexibility index (Phi) is 4.79. The maximum absolute atomic E-state index is 2.42. The minimum atomic E-state index is 0.991. The maximum Gasteiger partial charge on any atom is 0.105 e. The standard InChI is InChI=1S/C11H23B/c1-10-6-4-2-3-5-7-11(12)9-8-10/h10-11H,2-9,12H2,1H3. The van der Waals surface area contributed by atoms with Crippen molar-refractivity contribution in [1.29, 1.82) is 0 Å². The molecule has 1 aliphatic rings. The summed E-state index contributed by atoms with van der Waals surface area (Å²) in [5.41, 5.74) is 0. The largest absolute Gasteiger partial charge is 0.105 e. The fraction of sp³-hybridized carbons (Fsp3) is 1.00. The minimum Gasteiger partial charge on any atom is -0.0697 e. The summed E-state index contributed by atoms with van der Waals surface area (Å²) < 4.78 is 0. The monoisotopic (exact) mass is 166 g/mol. The first-order chi connectivity index (χ1) is 5.79. The molecular formula is C11H23B. The Morgan fingerprint density at radius 2 is 1.50 bits per heavy atom. The summed E-state index contributed by atoms with van der Waals surface area (Å²) in [7, 11) is 2.42. The van der Waals surface area contributed by atoms with Crippen LogP contribution in [0.1, 0.15) is 58.3 Å². The number of hydrogen-bond donors (Lipinski definition) is 0. The molecule has 1 fully saturated rings. The molecule has 0 nitrogen and oxygen atoms in total. The molecule has 0 aromatic rings. The van der Waals surface area contributed by atoms with Crippen molar-refractivity contribution in [2.75, 3.05) is 0 Å². The lowest BCUT2D eigenvalue weighted by atomic mass is 9.77. The second-order valence-electron chi connectivity index (χ2n) is 4.78. The predicted molar refractivity (Wildman–Crippen MR) is 58.4 cm³/mol. The van der Waals surface area contributed by atoms with E-state index >= 15 is 0 Å². The first kappa shape index (κ1) is 10.1. The fourth-order valence-electron chi connectivity index (χ4n) is 2.20. The molecule has 1 aliphatic carbocycles. The molecule has 1 saturated carbocycles. The molecule has 0 radical (unpaired) electrons. The van der Waals surface area contributed by atoms with Gasteiger partial charge in [-0.05, 0) is 5.92 Å². The van der Waals surface area contributed by atoms with Crippen LogP contribution in [0.5, 0.6) is 0 Å². The Hall–Kier alpha value is 0.0649. The summed E-state index contributed by atoms with van der Waals surface area (Å²) in [4.78, 5) is 0. The van der Waals surface area contributed by atoms with Crippen molar-refractivity contribution in [3.8, 4) is 0 Å². The van der Waals surface area contributed by atoms with Gasteiger partial charge in [0.05, 0.1) is 0 Å². The normalized spacial score (nSPS) is 34.4. The molecule has 0 saturated heterocycles. The fourth-order valence-corrected chi connectivity index (χ4v) is 2.20. The van der Waals surface area contributed by atoms with Gasteiger partial charge in [-0.2, -0.15) is 0 Å². The van der Waals surface area contributed by atoms with Gasteiger partial charge in [0.1, 0.15) is 7.85 Å². The van der Waals surface area contributed by atoms with Crippen LogP contribution >= 0.6 is 0 Å². The van der Waals surface area contributed by atoms with Crippen LogP contribution in [0.3, 0.4) is 0 Å². The molecule has 0 bridgehead atoms. The van der Waals surface area contributed by atoms with Crippen LogP contribution in [0.25, 0.3) is 0 Å². The first-order valence-corrected chi connectivity index (χ1v) is 5.79.